The van der Waals surface area contributed by atoms with Gasteiger partial charge in [-0.05, 0) is 31.6 Å². The smallest absolute Gasteiger partial charge is 0.223 e. The molecule has 2 atom stereocenters. The first kappa shape index (κ1) is 13.6. The molecule has 4 heteroatoms. The summed E-state index contributed by atoms with van der Waals surface area (Å²) in [5, 5.41) is 12.6. The van der Waals surface area contributed by atoms with Gasteiger partial charge in [-0.1, -0.05) is 6.08 Å². The second kappa shape index (κ2) is 6.34. The summed E-state index contributed by atoms with van der Waals surface area (Å²) in [7, 11) is 0. The molecule has 0 aromatic rings. The molecule has 0 saturated carbocycles. The molecule has 2 aliphatic heterocycles. The van der Waals surface area contributed by atoms with E-state index in [0.717, 1.165) is 12.8 Å². The van der Waals surface area contributed by atoms with Crippen LogP contribution in [0.15, 0.2) is 12.7 Å². The van der Waals surface area contributed by atoms with Crippen LogP contribution in [0.5, 0.6) is 0 Å². The number of aliphatic hydroxyl groups excluding tert-OH is 1. The van der Waals surface area contributed by atoms with Crippen LogP contribution in [0.25, 0.3) is 0 Å². The lowest BCUT2D eigenvalue weighted by Crippen LogP contribution is -2.41. The topological polar surface area (TPSA) is 52.6 Å². The van der Waals surface area contributed by atoms with E-state index in [0.29, 0.717) is 37.5 Å². The molecule has 2 N–H and O–H groups in total. The zero-order valence-electron chi connectivity index (χ0n) is 11.0. The van der Waals surface area contributed by atoms with Crippen molar-refractivity contribution in [2.75, 3.05) is 19.7 Å². The Hall–Kier alpha value is -0.870. The largest absolute Gasteiger partial charge is 0.395 e. The van der Waals surface area contributed by atoms with Crippen LogP contribution in [-0.4, -0.2) is 47.7 Å². The molecule has 1 amide bonds. The summed E-state index contributed by atoms with van der Waals surface area (Å²) in [6.45, 7) is 4.64. The lowest BCUT2D eigenvalue weighted by Gasteiger charge is -2.30. The molecule has 0 spiro atoms. The van der Waals surface area contributed by atoms with E-state index in [9.17, 15) is 4.79 Å². The summed E-state index contributed by atoms with van der Waals surface area (Å²) in [6, 6.07) is 1.26. The molecule has 2 unspecified atom stereocenters. The molecule has 4 nitrogen and oxygen atoms in total. The van der Waals surface area contributed by atoms with E-state index in [1.54, 1.807) is 11.0 Å². The van der Waals surface area contributed by atoms with E-state index >= 15 is 0 Å². The van der Waals surface area contributed by atoms with Crippen molar-refractivity contribution in [2.45, 2.75) is 44.2 Å². The SMILES string of the molecule is C=CCN(CCO)C(=O)CC1CC2CCC(C1)N2. The Morgan fingerprint density at radius 2 is 2.06 bits per heavy atom. The van der Waals surface area contributed by atoms with E-state index in [1.807, 2.05) is 0 Å². The van der Waals surface area contributed by atoms with Crippen LogP contribution in [0, 0.1) is 5.92 Å². The third-order valence-corrected chi connectivity index (χ3v) is 4.11. The van der Waals surface area contributed by atoms with Crippen LogP contribution in [0.4, 0.5) is 0 Å². The van der Waals surface area contributed by atoms with Gasteiger partial charge in [-0.15, -0.1) is 6.58 Å². The molecule has 2 aliphatic rings. The van der Waals surface area contributed by atoms with Gasteiger partial charge >= 0.3 is 0 Å². The maximum Gasteiger partial charge on any atom is 0.223 e. The van der Waals surface area contributed by atoms with Crippen LogP contribution in [-0.2, 0) is 4.79 Å². The number of hydrogen-bond donors (Lipinski definition) is 2. The van der Waals surface area contributed by atoms with Gasteiger partial charge < -0.3 is 15.3 Å². The standard InChI is InChI=1S/C14H24N2O2/c1-2-5-16(6-7-17)14(18)10-11-8-12-3-4-13(9-11)15-12/h2,11-13,15,17H,1,3-10H2. The zero-order chi connectivity index (χ0) is 13.0. The van der Waals surface area contributed by atoms with E-state index in [1.165, 1.54) is 12.8 Å². The molecule has 2 fully saturated rings. The van der Waals surface area contributed by atoms with Gasteiger partial charge in [-0.2, -0.15) is 0 Å². The molecule has 102 valence electrons. The highest BCUT2D eigenvalue weighted by molar-refractivity contribution is 5.76. The van der Waals surface area contributed by atoms with Crippen molar-refractivity contribution in [2.24, 2.45) is 5.92 Å². The molecule has 2 rings (SSSR count). The fraction of sp³-hybridized carbons (Fsp3) is 0.786. The number of piperidine rings is 1. The minimum absolute atomic E-state index is 0.0249. The van der Waals surface area contributed by atoms with Gasteiger partial charge in [-0.3, -0.25) is 4.79 Å². The molecule has 0 aliphatic carbocycles. The predicted molar refractivity (Wildman–Crippen MR) is 71.1 cm³/mol. The summed E-state index contributed by atoms with van der Waals surface area (Å²) in [6.07, 6.45) is 7.14. The number of fused-ring (bicyclic) bond motifs is 2. The molecule has 18 heavy (non-hydrogen) atoms. The summed E-state index contributed by atoms with van der Waals surface area (Å²) >= 11 is 0. The molecule has 0 radical (unpaired) electrons. The minimum Gasteiger partial charge on any atom is -0.395 e. The Morgan fingerprint density at radius 1 is 1.39 bits per heavy atom. The van der Waals surface area contributed by atoms with Gasteiger partial charge in [0.05, 0.1) is 6.61 Å². The van der Waals surface area contributed by atoms with Crippen LogP contribution in [0.1, 0.15) is 32.1 Å². The highest BCUT2D eigenvalue weighted by atomic mass is 16.3. The van der Waals surface area contributed by atoms with E-state index in [-0.39, 0.29) is 12.5 Å². The number of aliphatic hydroxyl groups is 1. The van der Waals surface area contributed by atoms with Crippen molar-refractivity contribution >= 4 is 5.91 Å². The van der Waals surface area contributed by atoms with Gasteiger partial charge in [0.15, 0.2) is 0 Å². The molecule has 2 saturated heterocycles. The highest BCUT2D eigenvalue weighted by Gasteiger charge is 2.34. The molecular formula is C14H24N2O2. The van der Waals surface area contributed by atoms with Gasteiger partial charge in [-0.25, -0.2) is 0 Å². The number of rotatable bonds is 6. The average Bonchev–Trinajstić information content (AvgIpc) is 2.68. The lowest BCUT2D eigenvalue weighted by atomic mass is 9.89. The lowest BCUT2D eigenvalue weighted by molar-refractivity contribution is -0.132. The zero-order valence-corrected chi connectivity index (χ0v) is 11.0. The first-order valence-electron chi connectivity index (χ1n) is 6.98. The van der Waals surface area contributed by atoms with Crippen molar-refractivity contribution in [3.8, 4) is 0 Å². The van der Waals surface area contributed by atoms with Gasteiger partial charge in [0.2, 0.25) is 5.91 Å². The molecule has 0 aromatic heterocycles. The number of nitrogens with one attached hydrogen (secondary N) is 1. The fourth-order valence-electron chi connectivity index (χ4n) is 3.31. The monoisotopic (exact) mass is 252 g/mol. The van der Waals surface area contributed by atoms with Crippen LogP contribution in [0.2, 0.25) is 0 Å². The second-order valence-corrected chi connectivity index (χ2v) is 5.53. The summed E-state index contributed by atoms with van der Waals surface area (Å²) in [4.78, 5) is 13.9. The van der Waals surface area contributed by atoms with Crippen molar-refractivity contribution in [1.29, 1.82) is 0 Å². The number of carbonyl (C=O) groups excluding carboxylic acids is 1. The Morgan fingerprint density at radius 3 is 2.61 bits per heavy atom. The van der Waals surface area contributed by atoms with Crippen molar-refractivity contribution in [3.05, 3.63) is 12.7 Å². The molecule has 2 heterocycles. The fourth-order valence-corrected chi connectivity index (χ4v) is 3.31. The number of nitrogens with zero attached hydrogens (tertiary/aromatic N) is 1. The van der Waals surface area contributed by atoms with Gasteiger partial charge in [0, 0.05) is 31.6 Å². The summed E-state index contributed by atoms with van der Waals surface area (Å²) in [5.74, 6) is 0.678. The van der Waals surface area contributed by atoms with Crippen molar-refractivity contribution < 1.29 is 9.90 Å². The Balaban J connectivity index is 1.83. The third-order valence-electron chi connectivity index (χ3n) is 4.11. The van der Waals surface area contributed by atoms with E-state index < -0.39 is 0 Å². The van der Waals surface area contributed by atoms with Crippen LogP contribution in [0.3, 0.4) is 0 Å². The molecule has 2 bridgehead atoms. The first-order valence-corrected chi connectivity index (χ1v) is 6.98. The Labute approximate surface area is 109 Å². The predicted octanol–water partition coefficient (Wildman–Crippen LogP) is 0.914. The normalized spacial score (nSPS) is 30.2. The third kappa shape index (κ3) is 3.33. The van der Waals surface area contributed by atoms with Crippen LogP contribution < -0.4 is 5.32 Å². The quantitative estimate of drug-likeness (QED) is 0.691. The summed E-state index contributed by atoms with van der Waals surface area (Å²) < 4.78 is 0. The maximum atomic E-state index is 12.2. The van der Waals surface area contributed by atoms with E-state index in [4.69, 9.17) is 5.11 Å². The Kier molecular flexibility index (Phi) is 4.78. The van der Waals surface area contributed by atoms with Gasteiger partial charge in [0.1, 0.15) is 0 Å². The van der Waals surface area contributed by atoms with E-state index in [2.05, 4.69) is 11.9 Å². The number of amides is 1. The van der Waals surface area contributed by atoms with Crippen LogP contribution >= 0.6 is 0 Å². The second-order valence-electron chi connectivity index (χ2n) is 5.53. The number of carbonyl (C=O) groups is 1. The first-order chi connectivity index (χ1) is 8.72. The Bertz CT molecular complexity index is 294. The molecular weight excluding hydrogens is 228 g/mol. The average molecular weight is 252 g/mol. The molecule has 0 aromatic carbocycles. The minimum atomic E-state index is 0.0249. The number of hydrogen-bond acceptors (Lipinski definition) is 3. The van der Waals surface area contributed by atoms with Gasteiger partial charge in [0.25, 0.3) is 0 Å². The van der Waals surface area contributed by atoms with Crippen molar-refractivity contribution in [1.82, 2.24) is 10.2 Å². The summed E-state index contributed by atoms with van der Waals surface area (Å²) in [5.41, 5.74) is 0. The highest BCUT2D eigenvalue weighted by Crippen LogP contribution is 2.32. The van der Waals surface area contributed by atoms with Crippen molar-refractivity contribution in [3.63, 3.8) is 0 Å². The maximum absolute atomic E-state index is 12.2.